The van der Waals surface area contributed by atoms with Crippen molar-refractivity contribution >= 4 is 39.3 Å². The Morgan fingerprint density at radius 1 is 1.00 bits per heavy atom. The lowest BCUT2D eigenvalue weighted by Gasteiger charge is -2.29. The van der Waals surface area contributed by atoms with Crippen LogP contribution in [0.15, 0.2) is 77.3 Å². The molecular formula is C35H45N5O3S2. The average Bonchev–Trinajstić information content (AvgIpc) is 3.44. The minimum Gasteiger partial charge on any atom is -0.491 e. The zero-order valence-corrected chi connectivity index (χ0v) is 28.6. The van der Waals surface area contributed by atoms with Gasteiger partial charge >= 0.3 is 0 Å². The molecule has 0 radical (unpaired) electrons. The van der Waals surface area contributed by atoms with Crippen LogP contribution in [0.4, 0.5) is 5.13 Å². The Balaban J connectivity index is 1.27. The van der Waals surface area contributed by atoms with E-state index in [9.17, 15) is 4.79 Å². The van der Waals surface area contributed by atoms with E-state index in [1.165, 1.54) is 11.3 Å². The van der Waals surface area contributed by atoms with Gasteiger partial charge in [0, 0.05) is 25.1 Å². The number of amidine groups is 1. The second-order valence-corrected chi connectivity index (χ2v) is 14.0. The quantitative estimate of drug-likeness (QED) is 0.143. The topological polar surface area (TPSA) is 97.7 Å². The van der Waals surface area contributed by atoms with Crippen LogP contribution in [-0.2, 0) is 17.6 Å². The van der Waals surface area contributed by atoms with Crippen molar-refractivity contribution in [1.82, 2.24) is 15.5 Å². The summed E-state index contributed by atoms with van der Waals surface area (Å²) in [4.78, 5) is 18.3. The zero-order chi connectivity index (χ0) is 32.3. The molecule has 0 bridgehead atoms. The number of aromatic nitrogens is 2. The molecule has 1 fully saturated rings. The number of hydrogen-bond donors (Lipinski definition) is 2. The van der Waals surface area contributed by atoms with E-state index in [4.69, 9.17) is 9.47 Å². The second kappa shape index (κ2) is 16.6. The van der Waals surface area contributed by atoms with E-state index in [0.717, 1.165) is 69.1 Å². The molecule has 4 rings (SSSR count). The average molecular weight is 648 g/mol. The number of rotatable bonds is 13. The first-order valence-electron chi connectivity index (χ1n) is 15.5. The number of allylic oxidation sites excluding steroid dienone is 2. The molecule has 0 spiro atoms. The normalized spacial score (nSPS) is 16.8. The van der Waals surface area contributed by atoms with Gasteiger partial charge in [0.25, 0.3) is 0 Å². The minimum atomic E-state index is -0.122. The third kappa shape index (κ3) is 11.0. The highest BCUT2D eigenvalue weighted by Gasteiger charge is 2.28. The second-order valence-electron chi connectivity index (χ2n) is 11.9. The maximum absolute atomic E-state index is 12.7. The van der Waals surface area contributed by atoms with Crippen molar-refractivity contribution in [1.29, 1.82) is 0 Å². The summed E-state index contributed by atoms with van der Waals surface area (Å²) in [5, 5.41) is 17.3. The molecule has 10 heteroatoms. The number of ether oxygens (including phenoxy) is 2. The Morgan fingerprint density at radius 3 is 2.27 bits per heavy atom. The number of thioether (sulfide) groups is 1. The maximum Gasteiger partial charge on any atom is 0.230 e. The zero-order valence-electron chi connectivity index (χ0n) is 27.0. The Labute approximate surface area is 275 Å². The molecule has 240 valence electrons. The summed E-state index contributed by atoms with van der Waals surface area (Å²) in [5.74, 6) is 2.10. The van der Waals surface area contributed by atoms with E-state index in [-0.39, 0.29) is 30.5 Å². The SMILES string of the molecule is C=C(Cc1cccc(OC(C)C)c1)NC(=NC)SC(=C)[C@H]1CCCC(c2nnc(NC(=O)Cc3cccc(OC(C)C)c3)s2)C1. The van der Waals surface area contributed by atoms with Gasteiger partial charge in [0.1, 0.15) is 16.5 Å². The minimum absolute atomic E-state index is 0.0759. The molecule has 3 aromatic rings. The standard InChI is InChI=1S/C35H45N5O3S2/c1-22(2)42-30-15-8-11-26(18-30)17-24(5)37-34(36-7)44-25(6)28-13-10-14-29(21-28)33-39-40-35(45-33)38-32(41)20-27-12-9-16-31(19-27)43-23(3)4/h8-9,11-12,15-16,18-19,22-23,28-29H,5-6,10,13-14,17,20-21H2,1-4,7H3,(H,36,37)(H,38,40,41)/t28-,29?/m0/s1. The third-order valence-electron chi connectivity index (χ3n) is 7.20. The van der Waals surface area contributed by atoms with E-state index in [0.29, 0.717) is 17.5 Å². The molecular weight excluding hydrogens is 603 g/mol. The van der Waals surface area contributed by atoms with Crippen molar-refractivity contribution in [3.05, 3.63) is 88.4 Å². The maximum atomic E-state index is 12.7. The monoisotopic (exact) mass is 647 g/mol. The third-order valence-corrected chi connectivity index (χ3v) is 9.28. The first kappa shape index (κ1) is 34.2. The molecule has 1 saturated carbocycles. The fourth-order valence-corrected chi connectivity index (χ4v) is 7.11. The largest absolute Gasteiger partial charge is 0.491 e. The van der Waals surface area contributed by atoms with E-state index in [1.807, 2.05) is 64.1 Å². The number of carbonyl (C=O) groups is 1. The van der Waals surface area contributed by atoms with Crippen LogP contribution >= 0.6 is 23.1 Å². The number of hydrogen-bond acceptors (Lipinski definition) is 8. The van der Waals surface area contributed by atoms with Crippen LogP contribution < -0.4 is 20.1 Å². The van der Waals surface area contributed by atoms with Gasteiger partial charge < -0.3 is 20.1 Å². The van der Waals surface area contributed by atoms with E-state index in [1.54, 1.807) is 18.8 Å². The summed E-state index contributed by atoms with van der Waals surface area (Å²) in [6.07, 6.45) is 5.26. The van der Waals surface area contributed by atoms with Crippen LogP contribution in [0.25, 0.3) is 0 Å². The fraction of sp³-hybridized carbons (Fsp3) is 0.429. The van der Waals surface area contributed by atoms with Crippen LogP contribution in [0.1, 0.15) is 75.4 Å². The van der Waals surface area contributed by atoms with Gasteiger partial charge in [0.2, 0.25) is 11.0 Å². The molecule has 2 N–H and O–H groups in total. The van der Waals surface area contributed by atoms with Crippen molar-refractivity contribution in [2.24, 2.45) is 10.9 Å². The highest BCUT2D eigenvalue weighted by Crippen LogP contribution is 2.43. The summed E-state index contributed by atoms with van der Waals surface area (Å²) in [5.41, 5.74) is 2.87. The van der Waals surface area contributed by atoms with Crippen LogP contribution in [-0.4, -0.2) is 40.5 Å². The summed E-state index contributed by atoms with van der Waals surface area (Å²) in [6.45, 7) is 16.7. The first-order chi connectivity index (χ1) is 21.6. The summed E-state index contributed by atoms with van der Waals surface area (Å²) >= 11 is 3.04. The highest BCUT2D eigenvalue weighted by molar-refractivity contribution is 8.17. The van der Waals surface area contributed by atoms with Gasteiger partial charge in [-0.2, -0.15) is 0 Å². The molecule has 1 heterocycles. The van der Waals surface area contributed by atoms with Gasteiger partial charge in [-0.3, -0.25) is 9.79 Å². The Bertz CT molecular complexity index is 1500. The Kier molecular flexibility index (Phi) is 12.6. The van der Waals surface area contributed by atoms with Crippen molar-refractivity contribution in [3.63, 3.8) is 0 Å². The van der Waals surface area contributed by atoms with Gasteiger partial charge in [0.15, 0.2) is 5.17 Å². The number of anilines is 1. The Hall–Kier alpha value is -3.63. The molecule has 8 nitrogen and oxygen atoms in total. The molecule has 45 heavy (non-hydrogen) atoms. The lowest BCUT2D eigenvalue weighted by atomic mass is 9.82. The van der Waals surface area contributed by atoms with Crippen molar-refractivity contribution < 1.29 is 14.3 Å². The van der Waals surface area contributed by atoms with Crippen molar-refractivity contribution in [2.75, 3.05) is 12.4 Å². The number of amides is 1. The van der Waals surface area contributed by atoms with E-state index < -0.39 is 0 Å². The summed E-state index contributed by atoms with van der Waals surface area (Å²) in [7, 11) is 1.78. The molecule has 1 aliphatic rings. The lowest BCUT2D eigenvalue weighted by molar-refractivity contribution is -0.115. The van der Waals surface area contributed by atoms with E-state index >= 15 is 0 Å². The van der Waals surface area contributed by atoms with Gasteiger partial charge in [-0.05, 0) is 93.2 Å². The first-order valence-corrected chi connectivity index (χ1v) is 17.1. The molecule has 1 unspecified atom stereocenters. The lowest BCUT2D eigenvalue weighted by Crippen LogP contribution is -2.22. The number of nitrogens with one attached hydrogen (secondary N) is 2. The molecule has 1 amide bonds. The fourth-order valence-electron chi connectivity index (χ4n) is 5.28. The van der Waals surface area contributed by atoms with Crippen molar-refractivity contribution in [3.8, 4) is 11.5 Å². The van der Waals surface area contributed by atoms with Crippen LogP contribution in [0.3, 0.4) is 0 Å². The summed E-state index contributed by atoms with van der Waals surface area (Å²) < 4.78 is 11.6. The van der Waals surface area contributed by atoms with Gasteiger partial charge in [-0.1, -0.05) is 66.9 Å². The van der Waals surface area contributed by atoms with Crippen LogP contribution in [0.5, 0.6) is 11.5 Å². The number of benzene rings is 2. The van der Waals surface area contributed by atoms with Crippen LogP contribution in [0, 0.1) is 5.92 Å². The smallest absolute Gasteiger partial charge is 0.230 e. The predicted molar refractivity (Wildman–Crippen MR) is 187 cm³/mol. The van der Waals surface area contributed by atoms with Crippen molar-refractivity contribution in [2.45, 2.75) is 84.3 Å². The molecule has 0 saturated heterocycles. The molecule has 1 aromatic heterocycles. The van der Waals surface area contributed by atoms with Gasteiger partial charge in [-0.25, -0.2) is 0 Å². The highest BCUT2D eigenvalue weighted by atomic mass is 32.2. The molecule has 0 aliphatic heterocycles. The Morgan fingerprint density at radius 2 is 1.64 bits per heavy atom. The van der Waals surface area contributed by atoms with E-state index in [2.05, 4.69) is 51.1 Å². The van der Waals surface area contributed by atoms with Gasteiger partial charge in [-0.15, -0.1) is 10.2 Å². The molecule has 2 aromatic carbocycles. The van der Waals surface area contributed by atoms with Gasteiger partial charge in [0.05, 0.1) is 18.6 Å². The number of aliphatic imine (C=N–C) groups is 1. The molecule has 2 atom stereocenters. The molecule has 1 aliphatic carbocycles. The van der Waals surface area contributed by atoms with Crippen LogP contribution in [0.2, 0.25) is 0 Å². The number of carbonyl (C=O) groups excluding carboxylic acids is 1. The number of nitrogens with zero attached hydrogens (tertiary/aromatic N) is 3. The predicted octanol–water partition coefficient (Wildman–Crippen LogP) is 8.15. The summed E-state index contributed by atoms with van der Waals surface area (Å²) in [6, 6.07) is 15.7.